The summed E-state index contributed by atoms with van der Waals surface area (Å²) in [5.41, 5.74) is 2.05. The number of nitrogens with zero attached hydrogens (tertiary/aromatic N) is 1. The molecule has 3 heteroatoms. The van der Waals surface area contributed by atoms with Gasteiger partial charge in [0.05, 0.1) is 7.11 Å². The summed E-state index contributed by atoms with van der Waals surface area (Å²) in [6.07, 6.45) is 0. The molecule has 0 aliphatic rings. The maximum atomic E-state index is 14.0. The minimum Gasteiger partial charge on any atom is -0.497 e. The molecule has 0 heterocycles. The fraction of sp³-hybridized carbons (Fsp3) is 0.200. The number of rotatable bonds is 3. The SMILES string of the molecule is COc1cc[c]c(-c2ccc(N(C)C)cc2F)c1. The van der Waals surface area contributed by atoms with E-state index in [1.54, 1.807) is 31.4 Å². The van der Waals surface area contributed by atoms with Crippen molar-refractivity contribution < 1.29 is 9.13 Å². The third-order valence-electron chi connectivity index (χ3n) is 2.77. The van der Waals surface area contributed by atoms with Gasteiger partial charge in [-0.15, -0.1) is 0 Å². The summed E-state index contributed by atoms with van der Waals surface area (Å²) < 4.78 is 19.2. The average Bonchev–Trinajstić information content (AvgIpc) is 2.38. The van der Waals surface area contributed by atoms with E-state index in [0.717, 1.165) is 5.69 Å². The van der Waals surface area contributed by atoms with Gasteiger partial charge in [0.25, 0.3) is 0 Å². The second-order valence-corrected chi connectivity index (χ2v) is 4.20. The number of methoxy groups -OCH3 is 1. The molecule has 2 nitrogen and oxygen atoms in total. The molecule has 0 atom stereocenters. The number of ether oxygens (including phenoxy) is 1. The zero-order chi connectivity index (χ0) is 13.1. The Balaban J connectivity index is 2.44. The fourth-order valence-corrected chi connectivity index (χ4v) is 1.73. The van der Waals surface area contributed by atoms with Crippen LogP contribution in [0, 0.1) is 11.9 Å². The minimum atomic E-state index is -0.259. The summed E-state index contributed by atoms with van der Waals surface area (Å²) in [5, 5.41) is 0. The molecule has 0 saturated heterocycles. The third-order valence-corrected chi connectivity index (χ3v) is 2.77. The van der Waals surface area contributed by atoms with Crippen molar-refractivity contribution in [3.8, 4) is 16.9 Å². The van der Waals surface area contributed by atoms with Gasteiger partial charge in [-0.05, 0) is 42.0 Å². The van der Waals surface area contributed by atoms with Crippen molar-refractivity contribution in [3.63, 3.8) is 0 Å². The first kappa shape index (κ1) is 12.4. The zero-order valence-corrected chi connectivity index (χ0v) is 10.7. The lowest BCUT2D eigenvalue weighted by molar-refractivity contribution is 0.415. The Morgan fingerprint density at radius 3 is 2.56 bits per heavy atom. The van der Waals surface area contributed by atoms with Crippen molar-refractivity contribution in [2.24, 2.45) is 0 Å². The molecule has 2 rings (SSSR count). The first-order valence-electron chi connectivity index (χ1n) is 5.65. The Morgan fingerprint density at radius 1 is 1.17 bits per heavy atom. The second kappa shape index (κ2) is 5.08. The number of benzene rings is 2. The summed E-state index contributed by atoms with van der Waals surface area (Å²) in [7, 11) is 5.35. The van der Waals surface area contributed by atoms with Crippen LogP contribution in [0.5, 0.6) is 5.75 Å². The number of halogens is 1. The van der Waals surface area contributed by atoms with Crippen LogP contribution in [0.3, 0.4) is 0 Å². The largest absolute Gasteiger partial charge is 0.497 e. The molecule has 2 aromatic carbocycles. The van der Waals surface area contributed by atoms with E-state index >= 15 is 0 Å². The summed E-state index contributed by atoms with van der Waals surface area (Å²) >= 11 is 0. The van der Waals surface area contributed by atoms with Gasteiger partial charge in [0.1, 0.15) is 11.6 Å². The molecule has 0 bridgehead atoms. The predicted molar refractivity (Wildman–Crippen MR) is 71.6 cm³/mol. The van der Waals surface area contributed by atoms with E-state index in [9.17, 15) is 4.39 Å². The Labute approximate surface area is 107 Å². The Bertz CT molecular complexity index is 552. The van der Waals surface area contributed by atoms with Crippen LogP contribution >= 0.6 is 0 Å². The van der Waals surface area contributed by atoms with Crippen molar-refractivity contribution in [1.82, 2.24) is 0 Å². The minimum absolute atomic E-state index is 0.259. The second-order valence-electron chi connectivity index (χ2n) is 4.20. The van der Waals surface area contributed by atoms with Crippen molar-refractivity contribution in [2.45, 2.75) is 0 Å². The molecule has 18 heavy (non-hydrogen) atoms. The van der Waals surface area contributed by atoms with Crippen molar-refractivity contribution in [3.05, 3.63) is 48.3 Å². The lowest BCUT2D eigenvalue weighted by Gasteiger charge is -2.13. The van der Waals surface area contributed by atoms with Crippen LogP contribution in [0.15, 0.2) is 36.4 Å². The molecule has 93 valence electrons. The highest BCUT2D eigenvalue weighted by atomic mass is 19.1. The maximum Gasteiger partial charge on any atom is 0.133 e. The summed E-state index contributed by atoms with van der Waals surface area (Å²) in [6, 6.07) is 13.5. The van der Waals surface area contributed by atoms with Gasteiger partial charge in [0.2, 0.25) is 0 Å². The molecule has 0 aromatic heterocycles. The van der Waals surface area contributed by atoms with Gasteiger partial charge in [-0.3, -0.25) is 0 Å². The average molecular weight is 244 g/mol. The topological polar surface area (TPSA) is 12.5 Å². The molecular formula is C15H15FNO. The van der Waals surface area contributed by atoms with E-state index in [1.165, 1.54) is 6.07 Å². The lowest BCUT2D eigenvalue weighted by atomic mass is 10.0. The van der Waals surface area contributed by atoms with Crippen LogP contribution in [0.1, 0.15) is 0 Å². The Kier molecular flexibility index (Phi) is 3.51. The standard InChI is InChI=1S/C15H15FNO/c1-17(2)12-7-8-14(15(16)10-12)11-5-4-6-13(9-11)18-3/h4,6-10H,1-3H3. The highest BCUT2D eigenvalue weighted by Crippen LogP contribution is 2.28. The van der Waals surface area contributed by atoms with Gasteiger partial charge < -0.3 is 9.64 Å². The molecule has 0 unspecified atom stereocenters. The van der Waals surface area contributed by atoms with Crippen LogP contribution in [0.25, 0.3) is 11.1 Å². The van der Waals surface area contributed by atoms with Gasteiger partial charge in [-0.25, -0.2) is 4.39 Å². The molecule has 0 fully saturated rings. The molecule has 0 spiro atoms. The first-order valence-corrected chi connectivity index (χ1v) is 5.65. The van der Waals surface area contributed by atoms with Gasteiger partial charge in [0.15, 0.2) is 0 Å². The van der Waals surface area contributed by atoms with Crippen LogP contribution in [0.4, 0.5) is 10.1 Å². The molecule has 0 amide bonds. The van der Waals surface area contributed by atoms with E-state index in [0.29, 0.717) is 16.9 Å². The smallest absolute Gasteiger partial charge is 0.133 e. The fourth-order valence-electron chi connectivity index (χ4n) is 1.73. The quantitative estimate of drug-likeness (QED) is 0.820. The highest BCUT2D eigenvalue weighted by Gasteiger charge is 2.08. The van der Waals surface area contributed by atoms with Crippen LogP contribution in [-0.2, 0) is 0 Å². The lowest BCUT2D eigenvalue weighted by Crippen LogP contribution is -2.08. The van der Waals surface area contributed by atoms with Gasteiger partial charge in [0, 0.05) is 25.3 Å². The van der Waals surface area contributed by atoms with Gasteiger partial charge in [-0.1, -0.05) is 6.07 Å². The summed E-state index contributed by atoms with van der Waals surface area (Å²) in [4.78, 5) is 1.86. The van der Waals surface area contributed by atoms with E-state index < -0.39 is 0 Å². The number of hydrogen-bond donors (Lipinski definition) is 0. The number of anilines is 1. The molecule has 0 saturated carbocycles. The van der Waals surface area contributed by atoms with Crippen LogP contribution in [-0.4, -0.2) is 21.2 Å². The van der Waals surface area contributed by atoms with E-state index in [2.05, 4.69) is 6.07 Å². The van der Waals surface area contributed by atoms with E-state index in [-0.39, 0.29) is 5.82 Å². The molecule has 0 aliphatic heterocycles. The molecular weight excluding hydrogens is 229 g/mol. The third kappa shape index (κ3) is 2.45. The first-order chi connectivity index (χ1) is 8.61. The van der Waals surface area contributed by atoms with Crippen molar-refractivity contribution in [2.75, 3.05) is 26.1 Å². The zero-order valence-electron chi connectivity index (χ0n) is 10.7. The highest BCUT2D eigenvalue weighted by molar-refractivity contribution is 5.67. The molecule has 0 aliphatic carbocycles. The van der Waals surface area contributed by atoms with Crippen molar-refractivity contribution in [1.29, 1.82) is 0 Å². The predicted octanol–water partition coefficient (Wildman–Crippen LogP) is 3.37. The molecule has 2 aromatic rings. The Hall–Kier alpha value is -2.03. The maximum absolute atomic E-state index is 14.0. The van der Waals surface area contributed by atoms with Gasteiger partial charge in [-0.2, -0.15) is 0 Å². The summed E-state index contributed by atoms with van der Waals surface area (Å²) in [6.45, 7) is 0. The van der Waals surface area contributed by atoms with Crippen molar-refractivity contribution >= 4 is 5.69 Å². The molecule has 1 radical (unpaired) electrons. The van der Waals surface area contributed by atoms with E-state index in [1.807, 2.05) is 25.1 Å². The Morgan fingerprint density at radius 2 is 1.94 bits per heavy atom. The van der Waals surface area contributed by atoms with Crippen LogP contribution < -0.4 is 9.64 Å². The monoisotopic (exact) mass is 244 g/mol. The van der Waals surface area contributed by atoms with Gasteiger partial charge >= 0.3 is 0 Å². The molecule has 0 N–H and O–H groups in total. The number of hydrogen-bond acceptors (Lipinski definition) is 2. The summed E-state index contributed by atoms with van der Waals surface area (Å²) in [5.74, 6) is 0.436. The van der Waals surface area contributed by atoms with E-state index in [4.69, 9.17) is 4.74 Å². The van der Waals surface area contributed by atoms with Crippen LogP contribution in [0.2, 0.25) is 0 Å². The normalized spacial score (nSPS) is 10.2.